The van der Waals surface area contributed by atoms with E-state index in [9.17, 15) is 0 Å². The topological polar surface area (TPSA) is 0 Å². The van der Waals surface area contributed by atoms with Gasteiger partial charge in [-0.2, -0.15) is 0 Å². The molecule has 0 aliphatic carbocycles. The van der Waals surface area contributed by atoms with E-state index in [0.29, 0.717) is 0 Å². The molecule has 0 nitrogen and oxygen atoms in total. The van der Waals surface area contributed by atoms with E-state index in [4.69, 9.17) is 0 Å². The molecule has 1 radical (unpaired) electrons. The molecule has 0 aromatic heterocycles. The zero-order valence-corrected chi connectivity index (χ0v) is 8.10. The lowest BCUT2D eigenvalue weighted by atomic mass is 10.1. The molecule has 0 aliphatic rings. The Kier molecular flexibility index (Phi) is 10.0. The Morgan fingerprint density at radius 2 is 1.67 bits per heavy atom. The molecule has 0 saturated heterocycles. The number of rotatable bonds is 8. The van der Waals surface area contributed by atoms with Gasteiger partial charge in [-0.25, -0.2) is 0 Å². The molecule has 0 unspecified atom stereocenters. The summed E-state index contributed by atoms with van der Waals surface area (Å²) in [6, 6.07) is 0. The molecule has 0 amide bonds. The van der Waals surface area contributed by atoms with Gasteiger partial charge in [-0.15, -0.1) is 6.58 Å². The first kappa shape index (κ1) is 11.5. The van der Waals surface area contributed by atoms with E-state index >= 15 is 0 Å². The Morgan fingerprint density at radius 1 is 0.917 bits per heavy atom. The van der Waals surface area contributed by atoms with Crippen LogP contribution in [0.25, 0.3) is 0 Å². The summed E-state index contributed by atoms with van der Waals surface area (Å²) in [6.07, 6.45) is 15.0. The fourth-order valence-electron chi connectivity index (χ4n) is 1.10. The average molecular weight is 165 g/mol. The molecule has 0 fully saturated rings. The summed E-state index contributed by atoms with van der Waals surface area (Å²) in [4.78, 5) is 0. The van der Waals surface area contributed by atoms with Crippen LogP contribution >= 0.6 is 0 Å². The van der Waals surface area contributed by atoms with Crippen LogP contribution in [0.4, 0.5) is 0 Å². The van der Waals surface area contributed by atoms with Crippen LogP contribution in [-0.4, -0.2) is 0 Å². The maximum absolute atomic E-state index is 3.82. The quantitative estimate of drug-likeness (QED) is 0.372. The van der Waals surface area contributed by atoms with Crippen molar-refractivity contribution in [3.8, 4) is 0 Å². The molecule has 0 aromatic rings. The van der Waals surface area contributed by atoms with Crippen molar-refractivity contribution < 1.29 is 0 Å². The van der Waals surface area contributed by atoms with Crippen LogP contribution in [0, 0.1) is 6.92 Å². The van der Waals surface area contributed by atoms with Crippen LogP contribution in [0.15, 0.2) is 24.8 Å². The van der Waals surface area contributed by atoms with Gasteiger partial charge in [-0.3, -0.25) is 0 Å². The van der Waals surface area contributed by atoms with Crippen molar-refractivity contribution in [2.75, 3.05) is 0 Å². The lowest BCUT2D eigenvalue weighted by molar-refractivity contribution is 0.651. The zero-order chi connectivity index (χ0) is 9.07. The van der Waals surface area contributed by atoms with E-state index in [-0.39, 0.29) is 0 Å². The summed E-state index contributed by atoms with van der Waals surface area (Å²) in [5.74, 6) is 0. The Morgan fingerprint density at radius 3 is 2.33 bits per heavy atom. The van der Waals surface area contributed by atoms with Gasteiger partial charge < -0.3 is 0 Å². The van der Waals surface area contributed by atoms with E-state index < -0.39 is 0 Å². The Hall–Kier alpha value is -0.520. The second-order valence-corrected chi connectivity index (χ2v) is 3.05. The third-order valence-corrected chi connectivity index (χ3v) is 1.84. The standard InChI is InChI=1S/C12H21/c1-3-5-7-9-11-12-10-8-6-4-2/h3,7,9H,1-2,4-6,8,10-12H2/b9-7+. The predicted molar refractivity (Wildman–Crippen MR) is 57.0 cm³/mol. The van der Waals surface area contributed by atoms with Crippen molar-refractivity contribution in [1.82, 2.24) is 0 Å². The lowest BCUT2D eigenvalue weighted by Crippen LogP contribution is -1.75. The van der Waals surface area contributed by atoms with Crippen LogP contribution in [0.5, 0.6) is 0 Å². The van der Waals surface area contributed by atoms with E-state index in [2.05, 4.69) is 25.7 Å². The smallest absolute Gasteiger partial charge is 0.0172 e. The van der Waals surface area contributed by atoms with Crippen molar-refractivity contribution in [3.05, 3.63) is 31.7 Å². The van der Waals surface area contributed by atoms with Gasteiger partial charge in [0.2, 0.25) is 0 Å². The van der Waals surface area contributed by atoms with Gasteiger partial charge in [-0.1, -0.05) is 50.8 Å². The Balaban J connectivity index is 2.94. The summed E-state index contributed by atoms with van der Waals surface area (Å²) in [7, 11) is 0. The third-order valence-electron chi connectivity index (χ3n) is 1.84. The summed E-state index contributed by atoms with van der Waals surface area (Å²) in [5.41, 5.74) is 0. The zero-order valence-electron chi connectivity index (χ0n) is 8.10. The molecule has 0 heterocycles. The minimum atomic E-state index is 1.01. The summed E-state index contributed by atoms with van der Waals surface area (Å²) in [5, 5.41) is 0. The largest absolute Gasteiger partial charge is 0.103 e. The fourth-order valence-corrected chi connectivity index (χ4v) is 1.10. The van der Waals surface area contributed by atoms with Gasteiger partial charge in [0.25, 0.3) is 0 Å². The maximum atomic E-state index is 3.82. The number of allylic oxidation sites excluding steroid dienone is 3. The van der Waals surface area contributed by atoms with Gasteiger partial charge in [0.15, 0.2) is 0 Å². The van der Waals surface area contributed by atoms with Gasteiger partial charge in [0.05, 0.1) is 0 Å². The highest BCUT2D eigenvalue weighted by Crippen LogP contribution is 2.05. The first-order chi connectivity index (χ1) is 5.91. The Bertz CT molecular complexity index is 111. The number of unbranched alkanes of at least 4 members (excludes halogenated alkanes) is 5. The highest BCUT2D eigenvalue weighted by Gasteiger charge is 1.85. The molecule has 0 bridgehead atoms. The van der Waals surface area contributed by atoms with Gasteiger partial charge >= 0.3 is 0 Å². The molecule has 0 saturated carbocycles. The SMILES string of the molecule is [CH2]CCCCCC/C=C/CC=C. The molecule has 69 valence electrons. The minimum Gasteiger partial charge on any atom is -0.103 e. The molecular formula is C12H21. The summed E-state index contributed by atoms with van der Waals surface area (Å²) >= 11 is 0. The molecule has 0 heteroatoms. The van der Waals surface area contributed by atoms with Crippen LogP contribution in [0.2, 0.25) is 0 Å². The van der Waals surface area contributed by atoms with E-state index in [0.717, 1.165) is 12.8 Å². The van der Waals surface area contributed by atoms with Crippen molar-refractivity contribution in [3.63, 3.8) is 0 Å². The monoisotopic (exact) mass is 165 g/mol. The number of hydrogen-bond acceptors (Lipinski definition) is 0. The predicted octanol–water partition coefficient (Wildman–Crippen LogP) is 4.29. The first-order valence-electron chi connectivity index (χ1n) is 4.97. The lowest BCUT2D eigenvalue weighted by Gasteiger charge is -1.95. The summed E-state index contributed by atoms with van der Waals surface area (Å²) in [6.45, 7) is 7.48. The minimum absolute atomic E-state index is 1.01. The molecule has 0 N–H and O–H groups in total. The number of hydrogen-bond donors (Lipinski definition) is 0. The highest BCUT2D eigenvalue weighted by molar-refractivity contribution is 4.87. The highest BCUT2D eigenvalue weighted by atomic mass is 13.9. The van der Waals surface area contributed by atoms with Crippen LogP contribution in [-0.2, 0) is 0 Å². The molecule has 0 spiro atoms. The van der Waals surface area contributed by atoms with E-state index in [1.165, 1.54) is 32.1 Å². The van der Waals surface area contributed by atoms with Crippen molar-refractivity contribution >= 4 is 0 Å². The fraction of sp³-hybridized carbons (Fsp3) is 0.583. The molecule has 0 atom stereocenters. The maximum Gasteiger partial charge on any atom is -0.0172 e. The van der Waals surface area contributed by atoms with Crippen molar-refractivity contribution in [2.45, 2.75) is 44.9 Å². The molecular weight excluding hydrogens is 144 g/mol. The Labute approximate surface area is 77.4 Å². The molecule has 12 heavy (non-hydrogen) atoms. The normalized spacial score (nSPS) is 10.8. The molecule has 0 aliphatic heterocycles. The molecule has 0 aromatic carbocycles. The average Bonchev–Trinajstić information content (AvgIpc) is 2.10. The van der Waals surface area contributed by atoms with Crippen molar-refractivity contribution in [2.24, 2.45) is 0 Å². The van der Waals surface area contributed by atoms with E-state index in [1.54, 1.807) is 0 Å². The first-order valence-corrected chi connectivity index (χ1v) is 4.97. The van der Waals surface area contributed by atoms with Gasteiger partial charge in [0.1, 0.15) is 0 Å². The third kappa shape index (κ3) is 9.48. The molecule has 0 rings (SSSR count). The van der Waals surface area contributed by atoms with Gasteiger partial charge in [-0.05, 0) is 19.3 Å². The van der Waals surface area contributed by atoms with Crippen molar-refractivity contribution in [1.29, 1.82) is 0 Å². The van der Waals surface area contributed by atoms with Gasteiger partial charge in [0, 0.05) is 0 Å². The van der Waals surface area contributed by atoms with Crippen LogP contribution in [0.1, 0.15) is 44.9 Å². The second-order valence-electron chi connectivity index (χ2n) is 3.05. The van der Waals surface area contributed by atoms with E-state index in [1.807, 2.05) is 6.08 Å². The second kappa shape index (κ2) is 10.5. The van der Waals surface area contributed by atoms with Crippen LogP contribution in [0.3, 0.4) is 0 Å². The summed E-state index contributed by atoms with van der Waals surface area (Å²) < 4.78 is 0. The van der Waals surface area contributed by atoms with Crippen LogP contribution < -0.4 is 0 Å².